The van der Waals surface area contributed by atoms with Gasteiger partial charge in [-0.1, -0.05) is 25.5 Å². The summed E-state index contributed by atoms with van der Waals surface area (Å²) in [6, 6.07) is 2.80. The number of hydrogen-bond donors (Lipinski definition) is 4. The van der Waals surface area contributed by atoms with Gasteiger partial charge in [0.05, 0.1) is 37.7 Å². The zero-order chi connectivity index (χ0) is 27.7. The average molecular weight is 545 g/mol. The number of nitrogens with zero attached hydrogens (tertiary/aromatic N) is 1. The predicted octanol–water partition coefficient (Wildman–Crippen LogP) is 2.44. The number of rotatable bonds is 4. The van der Waals surface area contributed by atoms with Crippen LogP contribution in [0.2, 0.25) is 0 Å². The van der Waals surface area contributed by atoms with Crippen molar-refractivity contribution in [1.29, 1.82) is 0 Å². The van der Waals surface area contributed by atoms with Gasteiger partial charge in [0, 0.05) is 11.5 Å². The second kappa shape index (κ2) is 9.76. The summed E-state index contributed by atoms with van der Waals surface area (Å²) in [6.45, 7) is 4.77. The van der Waals surface area contributed by atoms with Crippen LogP contribution in [0, 0.1) is 22.7 Å². The fourth-order valence-corrected chi connectivity index (χ4v) is 9.51. The van der Waals surface area contributed by atoms with Gasteiger partial charge in [0.25, 0.3) is 0 Å². The van der Waals surface area contributed by atoms with E-state index in [0.717, 1.165) is 56.9 Å². The van der Waals surface area contributed by atoms with Crippen LogP contribution in [0.3, 0.4) is 0 Å². The van der Waals surface area contributed by atoms with Crippen LogP contribution in [-0.2, 0) is 9.57 Å². The Balaban J connectivity index is 1.25. The highest BCUT2D eigenvalue weighted by Gasteiger charge is 2.66. The third-order valence-electron chi connectivity index (χ3n) is 11.7. The van der Waals surface area contributed by atoms with Crippen molar-refractivity contribution in [3.63, 3.8) is 0 Å². The van der Waals surface area contributed by atoms with Crippen molar-refractivity contribution in [2.45, 2.75) is 107 Å². The van der Waals surface area contributed by atoms with E-state index in [2.05, 4.69) is 19.9 Å². The fraction of sp³-hybridized carbons (Fsp3) is 0.767. The average Bonchev–Trinajstić information content (AvgIpc) is 3.20. The molecular formula is C30H44N2O7. The number of hydroxylamine groups is 2. The maximum atomic E-state index is 12.5. The number of hydrogen-bond acceptors (Lipinski definition) is 9. The first-order chi connectivity index (χ1) is 18.5. The maximum Gasteiger partial charge on any atom is 0.335 e. The van der Waals surface area contributed by atoms with Gasteiger partial charge >= 0.3 is 5.63 Å². The molecule has 11 atom stereocenters. The number of aliphatic hydroxyl groups is 3. The number of ether oxygens (including phenoxy) is 1. The Hall–Kier alpha value is -1.59. The van der Waals surface area contributed by atoms with E-state index in [1.54, 1.807) is 18.2 Å². The summed E-state index contributed by atoms with van der Waals surface area (Å²) in [7, 11) is 1.57. The van der Waals surface area contributed by atoms with Gasteiger partial charge < -0.3 is 30.2 Å². The van der Waals surface area contributed by atoms with Gasteiger partial charge in [-0.3, -0.25) is 4.84 Å². The van der Waals surface area contributed by atoms with E-state index >= 15 is 0 Å². The number of allylic oxidation sites excluding steroid dienone is 1. The molecule has 6 rings (SSSR count). The molecule has 2 heterocycles. The summed E-state index contributed by atoms with van der Waals surface area (Å²) >= 11 is 0. The quantitative estimate of drug-likeness (QED) is 0.332. The third kappa shape index (κ3) is 4.03. The monoisotopic (exact) mass is 544 g/mol. The zero-order valence-corrected chi connectivity index (χ0v) is 23.3. The van der Waals surface area contributed by atoms with E-state index < -0.39 is 30.1 Å². The van der Waals surface area contributed by atoms with Gasteiger partial charge in [-0.25, -0.2) is 4.79 Å². The second-order valence-electron chi connectivity index (χ2n) is 13.2. The van der Waals surface area contributed by atoms with Crippen LogP contribution in [0.5, 0.6) is 0 Å². The molecule has 9 nitrogen and oxygen atoms in total. The fourth-order valence-electron chi connectivity index (χ4n) is 9.51. The number of nitrogens with two attached hydrogens (primary N) is 1. The largest absolute Gasteiger partial charge is 0.431 e. The number of aliphatic hydroxyl groups excluding tert-OH is 2. The van der Waals surface area contributed by atoms with Crippen molar-refractivity contribution >= 4 is 0 Å². The first kappa shape index (κ1) is 27.6. The maximum absolute atomic E-state index is 12.5. The van der Waals surface area contributed by atoms with Crippen molar-refractivity contribution in [2.24, 2.45) is 28.4 Å². The minimum absolute atomic E-state index is 0.0182. The first-order valence-corrected chi connectivity index (χ1v) is 14.6. The van der Waals surface area contributed by atoms with E-state index in [-0.39, 0.29) is 40.9 Å². The van der Waals surface area contributed by atoms with Gasteiger partial charge in [0.1, 0.15) is 12.2 Å². The van der Waals surface area contributed by atoms with Crippen LogP contribution in [-0.4, -0.2) is 70.2 Å². The summed E-state index contributed by atoms with van der Waals surface area (Å²) < 4.78 is 10.8. The summed E-state index contributed by atoms with van der Waals surface area (Å²) in [4.78, 5) is 17.7. The lowest BCUT2D eigenvalue weighted by Crippen LogP contribution is -2.63. The smallest absolute Gasteiger partial charge is 0.335 e. The molecule has 0 spiro atoms. The Morgan fingerprint density at radius 2 is 1.87 bits per heavy atom. The normalized spacial score (nSPS) is 47.7. The van der Waals surface area contributed by atoms with Crippen LogP contribution >= 0.6 is 0 Å². The topological polar surface area (TPSA) is 139 Å². The Bertz CT molecular complexity index is 1170. The molecule has 1 aromatic rings. The molecule has 0 radical (unpaired) electrons. The Labute approximate surface area is 229 Å². The molecule has 9 heteroatoms. The molecule has 1 aromatic heterocycles. The van der Waals surface area contributed by atoms with Crippen LogP contribution in [0.15, 0.2) is 39.3 Å². The molecule has 1 saturated heterocycles. The molecule has 4 aliphatic carbocycles. The molecule has 0 unspecified atom stereocenters. The molecule has 3 saturated carbocycles. The zero-order valence-electron chi connectivity index (χ0n) is 23.3. The van der Waals surface area contributed by atoms with E-state index in [1.165, 1.54) is 11.8 Å². The Morgan fingerprint density at radius 3 is 2.62 bits per heavy atom. The van der Waals surface area contributed by atoms with Crippen LogP contribution in [0.1, 0.15) is 76.7 Å². The summed E-state index contributed by atoms with van der Waals surface area (Å²) in [5.74, 6) is 0.732. The van der Waals surface area contributed by atoms with Crippen LogP contribution in [0.4, 0.5) is 0 Å². The van der Waals surface area contributed by atoms with E-state index in [0.29, 0.717) is 5.92 Å². The summed E-state index contributed by atoms with van der Waals surface area (Å²) in [6.07, 6.45) is 7.96. The minimum Gasteiger partial charge on any atom is -0.431 e. The van der Waals surface area contributed by atoms with Gasteiger partial charge in [0.2, 0.25) is 0 Å². The molecular weight excluding hydrogens is 500 g/mol. The van der Waals surface area contributed by atoms with Gasteiger partial charge in [-0.2, -0.15) is 5.06 Å². The molecule has 5 aliphatic rings. The van der Waals surface area contributed by atoms with E-state index in [4.69, 9.17) is 19.7 Å². The Morgan fingerprint density at radius 1 is 1.08 bits per heavy atom. The molecule has 216 valence electrons. The molecule has 1 aliphatic heterocycles. The molecule has 0 amide bonds. The highest BCUT2D eigenvalue weighted by molar-refractivity contribution is 5.31. The molecule has 4 fully saturated rings. The highest BCUT2D eigenvalue weighted by atomic mass is 16.7. The molecule has 0 aromatic carbocycles. The summed E-state index contributed by atoms with van der Waals surface area (Å²) in [5, 5.41) is 35.2. The lowest BCUT2D eigenvalue weighted by Gasteiger charge is -2.62. The van der Waals surface area contributed by atoms with Crippen molar-refractivity contribution < 1.29 is 29.3 Å². The van der Waals surface area contributed by atoms with Crippen LogP contribution in [0.25, 0.3) is 0 Å². The first-order valence-electron chi connectivity index (χ1n) is 14.6. The Kier molecular flexibility index (Phi) is 6.90. The minimum atomic E-state index is -1.16. The van der Waals surface area contributed by atoms with Crippen molar-refractivity contribution in [2.75, 3.05) is 13.7 Å². The molecule has 5 N–H and O–H groups in total. The highest BCUT2D eigenvalue weighted by Crippen LogP contribution is 2.70. The second-order valence-corrected chi connectivity index (χ2v) is 13.2. The van der Waals surface area contributed by atoms with E-state index in [1.807, 2.05) is 6.07 Å². The van der Waals surface area contributed by atoms with Crippen LogP contribution < -0.4 is 11.4 Å². The lowest BCUT2D eigenvalue weighted by atomic mass is 9.45. The van der Waals surface area contributed by atoms with Gasteiger partial charge in [0.15, 0.2) is 6.23 Å². The van der Waals surface area contributed by atoms with Crippen molar-refractivity contribution in [1.82, 2.24) is 5.06 Å². The number of fused-ring (bicyclic) bond motifs is 5. The summed E-state index contributed by atoms with van der Waals surface area (Å²) in [5.41, 5.74) is 6.87. The van der Waals surface area contributed by atoms with E-state index in [9.17, 15) is 20.1 Å². The molecule has 0 bridgehead atoms. The molecule has 39 heavy (non-hydrogen) atoms. The standard InChI is InChI=1S/C30H44N2O7/c1-28-10-6-19(32(37-3)27-26(35)25(34)23(31)16-39-27)15-18(28)4-5-22-21(28)7-11-29(2)20(8-12-30(22,29)36)17-9-13-38-24(33)14-17/h9,13-15,19-23,25-27,34-36H,4-8,10-12,16,31H2,1-3H3/t19-,20+,21-,22+,23-,25+,26-,27-,28-,29+,30-/m0/s1. The lowest BCUT2D eigenvalue weighted by molar-refractivity contribution is -0.305. The van der Waals surface area contributed by atoms with Crippen molar-refractivity contribution in [3.05, 3.63) is 46.0 Å². The van der Waals surface area contributed by atoms with Gasteiger partial charge in [-0.05, 0) is 86.2 Å². The van der Waals surface area contributed by atoms with Gasteiger partial charge in [-0.15, -0.1) is 0 Å². The third-order valence-corrected chi connectivity index (χ3v) is 11.7. The SMILES string of the molecule is CON([C@@H]1C=C2CC[C@@H]3[C@H](CC[C@]4(C)[C@@H](c5ccoc(=O)c5)CC[C@]34O)[C@@]2(C)CC1)[C@H]1OC[C@H](N)[C@@H](O)[C@@H]1O. The predicted molar refractivity (Wildman–Crippen MR) is 143 cm³/mol. The van der Waals surface area contributed by atoms with Crippen molar-refractivity contribution in [3.8, 4) is 0 Å².